The van der Waals surface area contributed by atoms with Crippen LogP contribution in [0.5, 0.6) is 11.6 Å². The molecule has 0 unspecified atom stereocenters. The zero-order valence-electron chi connectivity index (χ0n) is 9.97. The van der Waals surface area contributed by atoms with E-state index >= 15 is 0 Å². The van der Waals surface area contributed by atoms with Gasteiger partial charge in [0.15, 0.2) is 0 Å². The average Bonchev–Trinajstić information content (AvgIpc) is 2.38. The molecule has 1 heterocycles. The molecule has 0 spiro atoms. The summed E-state index contributed by atoms with van der Waals surface area (Å²) in [5.41, 5.74) is 0. The van der Waals surface area contributed by atoms with E-state index in [-0.39, 0.29) is 0 Å². The largest absolute Gasteiger partial charge is 0.491 e. The maximum atomic E-state index is 5.54. The van der Waals surface area contributed by atoms with E-state index in [1.807, 2.05) is 24.3 Å². The van der Waals surface area contributed by atoms with Gasteiger partial charge < -0.3 is 14.2 Å². The van der Waals surface area contributed by atoms with Crippen molar-refractivity contribution in [3.8, 4) is 11.6 Å². The van der Waals surface area contributed by atoms with Gasteiger partial charge >= 0.3 is 0 Å². The van der Waals surface area contributed by atoms with E-state index < -0.39 is 0 Å². The molecule has 90 valence electrons. The van der Waals surface area contributed by atoms with Crippen molar-refractivity contribution in [2.75, 3.05) is 27.4 Å². The number of aromatic nitrogens is 1. The first-order valence-electron chi connectivity index (χ1n) is 5.39. The van der Waals surface area contributed by atoms with E-state index in [9.17, 15) is 0 Å². The van der Waals surface area contributed by atoms with Crippen LogP contribution in [0.3, 0.4) is 0 Å². The molecule has 4 nitrogen and oxygen atoms in total. The summed E-state index contributed by atoms with van der Waals surface area (Å²) >= 11 is 0. The number of hydrogen-bond acceptors (Lipinski definition) is 4. The summed E-state index contributed by atoms with van der Waals surface area (Å²) in [6, 6.07) is 7.75. The highest BCUT2D eigenvalue weighted by atomic mass is 16.5. The molecule has 0 saturated carbocycles. The van der Waals surface area contributed by atoms with Crippen LogP contribution < -0.4 is 9.47 Å². The van der Waals surface area contributed by atoms with E-state index in [0.717, 1.165) is 16.5 Å². The van der Waals surface area contributed by atoms with Crippen LogP contribution in [-0.2, 0) is 4.74 Å². The predicted molar refractivity (Wildman–Crippen MR) is 65.7 cm³/mol. The topological polar surface area (TPSA) is 40.6 Å². The highest BCUT2D eigenvalue weighted by Gasteiger charge is 2.03. The number of rotatable bonds is 5. The molecule has 0 radical (unpaired) electrons. The van der Waals surface area contributed by atoms with Crippen molar-refractivity contribution in [1.82, 2.24) is 4.98 Å². The third kappa shape index (κ3) is 2.65. The zero-order chi connectivity index (χ0) is 12.1. The van der Waals surface area contributed by atoms with Crippen LogP contribution in [0.1, 0.15) is 0 Å². The van der Waals surface area contributed by atoms with E-state index in [4.69, 9.17) is 14.2 Å². The van der Waals surface area contributed by atoms with Crippen molar-refractivity contribution in [1.29, 1.82) is 0 Å². The summed E-state index contributed by atoms with van der Waals surface area (Å²) in [6.07, 6.45) is 1.72. The molecule has 1 aromatic heterocycles. The average molecular weight is 233 g/mol. The van der Waals surface area contributed by atoms with Crippen molar-refractivity contribution in [3.63, 3.8) is 0 Å². The summed E-state index contributed by atoms with van der Waals surface area (Å²) in [5, 5.41) is 2.03. The Kier molecular flexibility index (Phi) is 3.77. The Labute approximate surface area is 100 Å². The lowest BCUT2D eigenvalue weighted by atomic mass is 10.1. The van der Waals surface area contributed by atoms with Crippen molar-refractivity contribution in [2.24, 2.45) is 0 Å². The van der Waals surface area contributed by atoms with Gasteiger partial charge in [0, 0.05) is 18.7 Å². The Morgan fingerprint density at radius 1 is 1.12 bits per heavy atom. The van der Waals surface area contributed by atoms with Gasteiger partial charge in [-0.15, -0.1) is 0 Å². The van der Waals surface area contributed by atoms with E-state index in [0.29, 0.717) is 19.1 Å². The molecule has 4 heteroatoms. The number of fused-ring (bicyclic) bond motifs is 1. The second-order valence-electron chi connectivity index (χ2n) is 3.54. The fraction of sp³-hybridized carbons (Fsp3) is 0.308. The third-order valence-electron chi connectivity index (χ3n) is 2.45. The minimum Gasteiger partial charge on any atom is -0.491 e. The number of hydrogen-bond donors (Lipinski definition) is 0. The molecule has 0 aliphatic heterocycles. The molecule has 0 saturated heterocycles. The smallest absolute Gasteiger partial charge is 0.221 e. The van der Waals surface area contributed by atoms with Crippen LogP contribution >= 0.6 is 0 Å². The van der Waals surface area contributed by atoms with Gasteiger partial charge in [0.2, 0.25) is 5.88 Å². The highest BCUT2D eigenvalue weighted by molar-refractivity contribution is 5.87. The molecule has 0 bridgehead atoms. The second kappa shape index (κ2) is 5.50. The molecule has 0 aliphatic rings. The Morgan fingerprint density at radius 2 is 2.00 bits per heavy atom. The summed E-state index contributed by atoms with van der Waals surface area (Å²) < 4.78 is 15.7. The summed E-state index contributed by atoms with van der Waals surface area (Å²) in [6.45, 7) is 1.13. The van der Waals surface area contributed by atoms with Crippen molar-refractivity contribution in [2.45, 2.75) is 0 Å². The molecule has 0 aliphatic carbocycles. The van der Waals surface area contributed by atoms with Crippen molar-refractivity contribution >= 4 is 10.8 Å². The van der Waals surface area contributed by atoms with Gasteiger partial charge in [0.1, 0.15) is 12.4 Å². The van der Waals surface area contributed by atoms with Gasteiger partial charge in [-0.1, -0.05) is 0 Å². The quantitative estimate of drug-likeness (QED) is 0.743. The summed E-state index contributed by atoms with van der Waals surface area (Å²) in [5.74, 6) is 1.45. The first kappa shape index (κ1) is 11.7. The van der Waals surface area contributed by atoms with Crippen LogP contribution in [0.2, 0.25) is 0 Å². The molecule has 1 aromatic carbocycles. The lowest BCUT2D eigenvalue weighted by molar-refractivity contribution is 0.146. The lowest BCUT2D eigenvalue weighted by Crippen LogP contribution is -2.04. The molecule has 0 atom stereocenters. The van der Waals surface area contributed by atoms with Gasteiger partial charge in [-0.2, -0.15) is 0 Å². The number of nitrogens with zero attached hydrogens (tertiary/aromatic N) is 1. The Hall–Kier alpha value is -1.81. The van der Waals surface area contributed by atoms with Gasteiger partial charge in [0.05, 0.1) is 13.7 Å². The standard InChI is InChI=1S/C13H15NO3/c1-15-7-8-17-11-3-4-12-10(9-11)5-6-14-13(12)16-2/h3-6,9H,7-8H2,1-2H3. The molecule has 17 heavy (non-hydrogen) atoms. The van der Waals surface area contributed by atoms with E-state index in [1.54, 1.807) is 20.4 Å². The molecule has 2 rings (SSSR count). The van der Waals surface area contributed by atoms with Gasteiger partial charge in [-0.3, -0.25) is 0 Å². The Balaban J connectivity index is 2.25. The first-order valence-corrected chi connectivity index (χ1v) is 5.39. The maximum Gasteiger partial charge on any atom is 0.221 e. The SMILES string of the molecule is COCCOc1ccc2c(OC)nccc2c1. The van der Waals surface area contributed by atoms with Crippen LogP contribution in [-0.4, -0.2) is 32.4 Å². The molecule has 0 fully saturated rings. The van der Waals surface area contributed by atoms with Gasteiger partial charge in [-0.25, -0.2) is 4.98 Å². The third-order valence-corrected chi connectivity index (χ3v) is 2.45. The fourth-order valence-electron chi connectivity index (χ4n) is 1.62. The van der Waals surface area contributed by atoms with Crippen molar-refractivity contribution < 1.29 is 14.2 Å². The fourth-order valence-corrected chi connectivity index (χ4v) is 1.62. The summed E-state index contributed by atoms with van der Waals surface area (Å²) in [4.78, 5) is 4.15. The van der Waals surface area contributed by atoms with Gasteiger partial charge in [0.25, 0.3) is 0 Å². The predicted octanol–water partition coefficient (Wildman–Crippen LogP) is 2.27. The van der Waals surface area contributed by atoms with Crippen LogP contribution in [0, 0.1) is 0 Å². The van der Waals surface area contributed by atoms with Crippen LogP contribution in [0.25, 0.3) is 10.8 Å². The normalized spacial score (nSPS) is 10.5. The van der Waals surface area contributed by atoms with Crippen molar-refractivity contribution in [3.05, 3.63) is 30.5 Å². The Bertz CT molecular complexity index is 499. The first-order chi connectivity index (χ1) is 8.35. The van der Waals surface area contributed by atoms with E-state index in [1.165, 1.54) is 0 Å². The molecule has 0 N–H and O–H groups in total. The monoisotopic (exact) mass is 233 g/mol. The number of ether oxygens (including phenoxy) is 3. The second-order valence-corrected chi connectivity index (χ2v) is 3.54. The minimum atomic E-state index is 0.546. The minimum absolute atomic E-state index is 0.546. The number of methoxy groups -OCH3 is 2. The summed E-state index contributed by atoms with van der Waals surface area (Å²) in [7, 11) is 3.27. The molecular weight excluding hydrogens is 218 g/mol. The van der Waals surface area contributed by atoms with Crippen LogP contribution in [0.4, 0.5) is 0 Å². The Morgan fingerprint density at radius 3 is 2.76 bits per heavy atom. The number of pyridine rings is 1. The maximum absolute atomic E-state index is 5.54. The molecule has 2 aromatic rings. The molecule has 0 amide bonds. The zero-order valence-corrected chi connectivity index (χ0v) is 9.97. The van der Waals surface area contributed by atoms with E-state index in [2.05, 4.69) is 4.98 Å². The number of benzene rings is 1. The molecular formula is C13H15NO3. The van der Waals surface area contributed by atoms with Gasteiger partial charge in [-0.05, 0) is 29.7 Å². The highest BCUT2D eigenvalue weighted by Crippen LogP contribution is 2.26. The van der Waals surface area contributed by atoms with Crippen LogP contribution in [0.15, 0.2) is 30.5 Å². The lowest BCUT2D eigenvalue weighted by Gasteiger charge is -2.08.